The molecule has 0 aliphatic carbocycles. The molecule has 37 heavy (non-hydrogen) atoms. The second kappa shape index (κ2) is 12.0. The molecule has 0 aliphatic rings. The highest BCUT2D eigenvalue weighted by Gasteiger charge is 2.18. The molecule has 0 atom stereocenters. The van der Waals surface area contributed by atoms with Gasteiger partial charge in [0.15, 0.2) is 11.6 Å². The van der Waals surface area contributed by atoms with Gasteiger partial charge in [-0.05, 0) is 63.8 Å². The number of halogens is 1. The van der Waals surface area contributed by atoms with Crippen molar-refractivity contribution < 1.29 is 13.8 Å². The summed E-state index contributed by atoms with van der Waals surface area (Å²) in [5, 5.41) is 9.44. The molecule has 0 saturated carbocycles. The van der Waals surface area contributed by atoms with Crippen molar-refractivity contribution in [1.82, 2.24) is 14.9 Å². The number of hydrogen-bond donors (Lipinski definition) is 3. The van der Waals surface area contributed by atoms with Crippen LogP contribution < -0.4 is 26.2 Å². The topological polar surface area (TPSA) is 102 Å². The zero-order chi connectivity index (χ0) is 27.2. The van der Waals surface area contributed by atoms with Gasteiger partial charge in [0, 0.05) is 31.1 Å². The Morgan fingerprint density at radius 3 is 2.49 bits per heavy atom. The van der Waals surface area contributed by atoms with E-state index in [4.69, 9.17) is 0 Å². The molecule has 1 amide bonds. The Kier molecular flexibility index (Phi) is 9.02. The highest BCUT2D eigenvalue weighted by Crippen LogP contribution is 2.38. The maximum absolute atomic E-state index is 14.6. The second-order valence-electron chi connectivity index (χ2n) is 9.16. The summed E-state index contributed by atoms with van der Waals surface area (Å²) in [6.07, 6.45) is 2.26. The zero-order valence-electron chi connectivity index (χ0n) is 21.7. The fraction of sp³-hybridized carbons (Fsp3) is 0.269. The fourth-order valence-corrected chi connectivity index (χ4v) is 4.68. The van der Waals surface area contributed by atoms with Crippen molar-refractivity contribution in [2.45, 2.75) is 0 Å². The van der Waals surface area contributed by atoms with Crippen LogP contribution in [0.2, 0.25) is 0 Å². The van der Waals surface area contributed by atoms with Crippen LogP contribution >= 0.6 is 7.14 Å². The molecule has 1 aromatic heterocycles. The maximum atomic E-state index is 14.6. The first kappa shape index (κ1) is 27.8. The SMILES string of the molecule is C=CC(=O)Nc1cc(Nc2ncc(F)c(Nc3ccccc3P(C)(C)=O)n2)ccc1N(C)CCN(C)C. The lowest BCUT2D eigenvalue weighted by Gasteiger charge is -2.24. The molecule has 2 aromatic carbocycles. The third-order valence-electron chi connectivity index (χ3n) is 5.47. The molecule has 0 bridgehead atoms. The molecule has 9 nitrogen and oxygen atoms in total. The molecule has 3 aromatic rings. The minimum Gasteiger partial charge on any atom is -0.372 e. The minimum absolute atomic E-state index is 0.0568. The number of carbonyl (C=O) groups is 1. The number of anilines is 6. The van der Waals surface area contributed by atoms with Gasteiger partial charge in [-0.2, -0.15) is 4.98 Å². The summed E-state index contributed by atoms with van der Waals surface area (Å²) in [5.74, 6) is -0.906. The van der Waals surface area contributed by atoms with Crippen LogP contribution in [0, 0.1) is 5.82 Å². The number of para-hydroxylation sites is 1. The van der Waals surface area contributed by atoms with E-state index in [0.717, 1.165) is 25.0 Å². The van der Waals surface area contributed by atoms with Crippen molar-refractivity contribution in [3.05, 3.63) is 67.1 Å². The lowest BCUT2D eigenvalue weighted by atomic mass is 10.2. The van der Waals surface area contributed by atoms with E-state index in [9.17, 15) is 13.8 Å². The summed E-state index contributed by atoms with van der Waals surface area (Å²) in [6.45, 7) is 8.41. The molecule has 0 saturated heterocycles. The van der Waals surface area contributed by atoms with E-state index in [0.29, 0.717) is 22.4 Å². The van der Waals surface area contributed by atoms with Gasteiger partial charge >= 0.3 is 0 Å². The smallest absolute Gasteiger partial charge is 0.247 e. The van der Waals surface area contributed by atoms with Gasteiger partial charge in [-0.25, -0.2) is 9.37 Å². The van der Waals surface area contributed by atoms with Crippen LogP contribution in [0.5, 0.6) is 0 Å². The Hall–Kier alpha value is -3.75. The summed E-state index contributed by atoms with van der Waals surface area (Å²) in [5.41, 5.74) is 2.50. The predicted molar refractivity (Wildman–Crippen MR) is 151 cm³/mol. The molecule has 1 heterocycles. The Balaban J connectivity index is 1.89. The number of benzene rings is 2. The molecule has 11 heteroatoms. The molecule has 0 spiro atoms. The molecule has 0 unspecified atom stereocenters. The molecule has 3 N–H and O–H groups in total. The highest BCUT2D eigenvalue weighted by atomic mass is 31.2. The Bertz CT molecular complexity index is 1330. The van der Waals surface area contributed by atoms with Crippen LogP contribution in [0.15, 0.2) is 61.3 Å². The summed E-state index contributed by atoms with van der Waals surface area (Å²) in [4.78, 5) is 24.5. The first-order valence-electron chi connectivity index (χ1n) is 11.6. The van der Waals surface area contributed by atoms with E-state index in [1.165, 1.54) is 6.08 Å². The van der Waals surface area contributed by atoms with Crippen molar-refractivity contribution in [2.24, 2.45) is 0 Å². The second-order valence-corrected chi connectivity index (χ2v) is 12.3. The molecule has 3 rings (SSSR count). The maximum Gasteiger partial charge on any atom is 0.247 e. The molecule has 0 aliphatic heterocycles. The van der Waals surface area contributed by atoms with Gasteiger partial charge in [0.2, 0.25) is 11.9 Å². The Labute approximate surface area is 217 Å². The van der Waals surface area contributed by atoms with E-state index < -0.39 is 13.0 Å². The zero-order valence-corrected chi connectivity index (χ0v) is 22.6. The largest absolute Gasteiger partial charge is 0.372 e. The third kappa shape index (κ3) is 7.62. The van der Waals surface area contributed by atoms with Crippen LogP contribution in [-0.2, 0) is 9.36 Å². The average Bonchev–Trinajstić information content (AvgIpc) is 2.84. The van der Waals surface area contributed by atoms with Crippen molar-refractivity contribution in [1.29, 1.82) is 0 Å². The van der Waals surface area contributed by atoms with Gasteiger partial charge in [-0.3, -0.25) is 4.79 Å². The van der Waals surface area contributed by atoms with Crippen molar-refractivity contribution in [3.8, 4) is 0 Å². The molecule has 0 radical (unpaired) electrons. The fourth-order valence-electron chi connectivity index (χ4n) is 3.52. The summed E-state index contributed by atoms with van der Waals surface area (Å²) < 4.78 is 27.3. The molecule has 0 fully saturated rings. The van der Waals surface area contributed by atoms with E-state index in [-0.39, 0.29) is 17.7 Å². The van der Waals surface area contributed by atoms with Gasteiger partial charge in [0.1, 0.15) is 7.14 Å². The van der Waals surface area contributed by atoms with E-state index in [1.54, 1.807) is 43.7 Å². The van der Waals surface area contributed by atoms with Gasteiger partial charge in [0.25, 0.3) is 0 Å². The number of carbonyl (C=O) groups excluding carboxylic acids is 1. The highest BCUT2D eigenvalue weighted by molar-refractivity contribution is 7.70. The predicted octanol–water partition coefficient (Wildman–Crippen LogP) is 4.47. The normalized spacial score (nSPS) is 11.2. The van der Waals surface area contributed by atoms with Gasteiger partial charge in [-0.1, -0.05) is 18.7 Å². The van der Waals surface area contributed by atoms with Crippen LogP contribution in [0.25, 0.3) is 0 Å². The molecular formula is C26H33FN7O2P. The van der Waals surface area contributed by atoms with Crippen molar-refractivity contribution in [2.75, 3.05) is 68.4 Å². The minimum atomic E-state index is -2.61. The number of rotatable bonds is 11. The van der Waals surface area contributed by atoms with Crippen LogP contribution in [0.4, 0.5) is 38.9 Å². The number of likely N-dealkylation sites (N-methyl/N-ethyl adjacent to an activating group) is 2. The number of hydrogen-bond acceptors (Lipinski definition) is 8. The quantitative estimate of drug-likeness (QED) is 0.249. The first-order chi connectivity index (χ1) is 17.5. The lowest BCUT2D eigenvalue weighted by Crippen LogP contribution is -2.29. The summed E-state index contributed by atoms with van der Waals surface area (Å²) >= 11 is 0. The van der Waals surface area contributed by atoms with E-state index in [1.807, 2.05) is 38.2 Å². The van der Waals surface area contributed by atoms with Crippen LogP contribution in [0.1, 0.15) is 0 Å². The number of aromatic nitrogens is 2. The van der Waals surface area contributed by atoms with Crippen molar-refractivity contribution in [3.63, 3.8) is 0 Å². The average molecular weight is 526 g/mol. The Morgan fingerprint density at radius 1 is 1.08 bits per heavy atom. The third-order valence-corrected chi connectivity index (χ3v) is 7.02. The van der Waals surface area contributed by atoms with E-state index in [2.05, 4.69) is 37.4 Å². The Morgan fingerprint density at radius 2 is 1.81 bits per heavy atom. The molecular weight excluding hydrogens is 492 g/mol. The van der Waals surface area contributed by atoms with E-state index >= 15 is 0 Å². The van der Waals surface area contributed by atoms with Crippen LogP contribution in [-0.4, -0.2) is 68.3 Å². The lowest BCUT2D eigenvalue weighted by molar-refractivity contribution is -0.111. The van der Waals surface area contributed by atoms with Crippen LogP contribution in [0.3, 0.4) is 0 Å². The summed E-state index contributed by atoms with van der Waals surface area (Å²) in [6, 6.07) is 12.5. The number of nitrogens with one attached hydrogen (secondary N) is 3. The summed E-state index contributed by atoms with van der Waals surface area (Å²) in [7, 11) is 3.32. The van der Waals surface area contributed by atoms with Crippen molar-refractivity contribution >= 4 is 52.9 Å². The number of amides is 1. The number of nitrogens with zero attached hydrogens (tertiary/aromatic N) is 4. The monoisotopic (exact) mass is 525 g/mol. The standard InChI is InChI=1S/C26H33FN7O2P/c1-7-24(35)30-21-16-18(12-13-22(21)34(4)15-14-33(2)3)29-26-28-17-19(27)25(32-26)31-20-10-8-9-11-23(20)37(5,6)36/h7-13,16-17H,1,14-15H2,2-6H3,(H,30,35)(H2,28,29,31,32). The first-order valence-corrected chi connectivity index (χ1v) is 14.2. The van der Waals surface area contributed by atoms with Gasteiger partial charge in [0.05, 0.1) is 23.3 Å². The molecule has 196 valence electrons. The van der Waals surface area contributed by atoms with Gasteiger partial charge in [-0.15, -0.1) is 0 Å². The van der Waals surface area contributed by atoms with Gasteiger partial charge < -0.3 is 30.3 Å².